The quantitative estimate of drug-likeness (QED) is 0.689. The molecule has 2 heteroatoms. The molecule has 1 N–H and O–H groups in total. The van der Waals surface area contributed by atoms with Crippen molar-refractivity contribution in [1.29, 1.82) is 0 Å². The fraction of sp³-hybridized carbons (Fsp3) is 0.692. The number of rotatable bonds is 7. The molecule has 0 saturated heterocycles. The Bertz CT molecular complexity index is 264. The van der Waals surface area contributed by atoms with Crippen LogP contribution in [0.5, 0.6) is 0 Å². The molecule has 1 aromatic heterocycles. The lowest BCUT2D eigenvalue weighted by atomic mass is 10.1. The zero-order valence-corrected chi connectivity index (χ0v) is 10.4. The molecular weight excluding hydrogens is 202 g/mol. The maximum Gasteiger partial charge on any atom is 0.0412 e. The first-order chi connectivity index (χ1) is 7.40. The highest BCUT2D eigenvalue weighted by Gasteiger charge is 2.20. The van der Waals surface area contributed by atoms with E-state index in [1.54, 1.807) is 0 Å². The maximum atomic E-state index is 3.67. The van der Waals surface area contributed by atoms with Crippen LogP contribution in [0, 0.1) is 5.92 Å². The Labute approximate surface area is 96.9 Å². The monoisotopic (exact) mass is 223 g/mol. The smallest absolute Gasteiger partial charge is 0.0412 e. The first kappa shape index (κ1) is 11.2. The second kappa shape index (κ2) is 5.66. The summed E-state index contributed by atoms with van der Waals surface area (Å²) in [5.41, 5.74) is 0. The van der Waals surface area contributed by atoms with E-state index >= 15 is 0 Å². The minimum Gasteiger partial charge on any atom is -0.309 e. The van der Waals surface area contributed by atoms with Gasteiger partial charge in [0.1, 0.15) is 0 Å². The number of thiophene rings is 1. The third kappa shape index (κ3) is 3.62. The van der Waals surface area contributed by atoms with Crippen LogP contribution < -0.4 is 5.32 Å². The van der Waals surface area contributed by atoms with Gasteiger partial charge >= 0.3 is 0 Å². The van der Waals surface area contributed by atoms with Gasteiger partial charge < -0.3 is 5.32 Å². The Kier molecular flexibility index (Phi) is 4.21. The van der Waals surface area contributed by atoms with Gasteiger partial charge in [0.2, 0.25) is 0 Å². The van der Waals surface area contributed by atoms with Gasteiger partial charge in [-0.05, 0) is 43.2 Å². The summed E-state index contributed by atoms with van der Waals surface area (Å²) in [4.78, 5) is 1.49. The van der Waals surface area contributed by atoms with Crippen molar-refractivity contribution < 1.29 is 0 Å². The zero-order chi connectivity index (χ0) is 10.5. The fourth-order valence-corrected chi connectivity index (χ4v) is 2.89. The fourth-order valence-electron chi connectivity index (χ4n) is 2.01. The van der Waals surface area contributed by atoms with E-state index in [4.69, 9.17) is 0 Å². The lowest BCUT2D eigenvalue weighted by molar-refractivity contribution is 0.501. The molecule has 15 heavy (non-hydrogen) atoms. The highest BCUT2D eigenvalue weighted by atomic mass is 32.1. The second-order valence-corrected chi connectivity index (χ2v) is 5.50. The first-order valence-corrected chi connectivity index (χ1v) is 7.05. The highest BCUT2D eigenvalue weighted by Crippen LogP contribution is 2.33. The molecule has 1 fully saturated rings. The van der Waals surface area contributed by atoms with Crippen molar-refractivity contribution in [2.24, 2.45) is 5.92 Å². The molecule has 1 nitrogen and oxygen atoms in total. The van der Waals surface area contributed by atoms with Gasteiger partial charge in [-0.15, -0.1) is 11.3 Å². The summed E-state index contributed by atoms with van der Waals surface area (Å²) in [5.74, 6) is 1.08. The molecule has 1 saturated carbocycles. The average Bonchev–Trinajstić information content (AvgIpc) is 2.92. The predicted octanol–water partition coefficient (Wildman–Crippen LogP) is 3.98. The molecule has 2 rings (SSSR count). The maximum absolute atomic E-state index is 3.67. The number of hydrogen-bond acceptors (Lipinski definition) is 2. The van der Waals surface area contributed by atoms with E-state index in [1.165, 1.54) is 43.5 Å². The molecule has 84 valence electrons. The zero-order valence-electron chi connectivity index (χ0n) is 9.54. The molecule has 0 bridgehead atoms. The van der Waals surface area contributed by atoms with Crippen LogP contribution in [0.25, 0.3) is 0 Å². The Balaban J connectivity index is 1.66. The first-order valence-electron chi connectivity index (χ1n) is 6.17. The van der Waals surface area contributed by atoms with Crippen LogP contribution in [0.3, 0.4) is 0 Å². The Morgan fingerprint density at radius 1 is 1.53 bits per heavy atom. The van der Waals surface area contributed by atoms with E-state index in [0.717, 1.165) is 5.92 Å². The standard InChI is InChI=1S/C13H21NS/c1-2-12(13-6-4-10-15-13)14-9-3-5-11-7-8-11/h4,6,10-12,14H,2-3,5,7-9H2,1H3. The third-order valence-corrected chi connectivity index (χ3v) is 4.16. The van der Waals surface area contributed by atoms with E-state index in [2.05, 4.69) is 29.8 Å². The summed E-state index contributed by atoms with van der Waals surface area (Å²) >= 11 is 1.87. The molecule has 1 atom stereocenters. The molecule has 0 spiro atoms. The van der Waals surface area contributed by atoms with Crippen molar-refractivity contribution >= 4 is 11.3 Å². The minimum atomic E-state index is 0.587. The van der Waals surface area contributed by atoms with Crippen LogP contribution in [0.15, 0.2) is 17.5 Å². The van der Waals surface area contributed by atoms with Crippen molar-refractivity contribution in [2.45, 2.75) is 45.1 Å². The van der Waals surface area contributed by atoms with Gasteiger partial charge in [0.15, 0.2) is 0 Å². The molecule has 0 aliphatic heterocycles. The lowest BCUT2D eigenvalue weighted by Crippen LogP contribution is -2.21. The number of hydrogen-bond donors (Lipinski definition) is 1. The van der Waals surface area contributed by atoms with E-state index in [1.807, 2.05) is 11.3 Å². The van der Waals surface area contributed by atoms with Crippen molar-refractivity contribution in [3.8, 4) is 0 Å². The van der Waals surface area contributed by atoms with Gasteiger partial charge in [0.25, 0.3) is 0 Å². The van der Waals surface area contributed by atoms with Gasteiger partial charge in [0, 0.05) is 10.9 Å². The molecule has 1 aliphatic carbocycles. The molecule has 0 amide bonds. The van der Waals surface area contributed by atoms with Crippen LogP contribution in [0.2, 0.25) is 0 Å². The summed E-state index contributed by atoms with van der Waals surface area (Å²) in [6, 6.07) is 4.98. The van der Waals surface area contributed by atoms with Gasteiger partial charge in [-0.2, -0.15) is 0 Å². The van der Waals surface area contributed by atoms with Gasteiger partial charge in [0.05, 0.1) is 0 Å². The van der Waals surface area contributed by atoms with Gasteiger partial charge in [-0.1, -0.05) is 25.8 Å². The topological polar surface area (TPSA) is 12.0 Å². The van der Waals surface area contributed by atoms with Crippen LogP contribution in [-0.2, 0) is 0 Å². The summed E-state index contributed by atoms with van der Waals surface area (Å²) < 4.78 is 0. The summed E-state index contributed by atoms with van der Waals surface area (Å²) in [7, 11) is 0. The van der Waals surface area contributed by atoms with Crippen LogP contribution in [-0.4, -0.2) is 6.54 Å². The molecule has 1 unspecified atom stereocenters. The molecule has 0 radical (unpaired) electrons. The largest absolute Gasteiger partial charge is 0.309 e. The van der Waals surface area contributed by atoms with Crippen LogP contribution in [0.4, 0.5) is 0 Å². The lowest BCUT2D eigenvalue weighted by Gasteiger charge is -2.15. The van der Waals surface area contributed by atoms with E-state index in [9.17, 15) is 0 Å². The minimum absolute atomic E-state index is 0.587. The van der Waals surface area contributed by atoms with Crippen molar-refractivity contribution in [1.82, 2.24) is 5.32 Å². The molecule has 1 heterocycles. The Morgan fingerprint density at radius 3 is 3.00 bits per heavy atom. The van der Waals surface area contributed by atoms with Gasteiger partial charge in [-0.25, -0.2) is 0 Å². The Hall–Kier alpha value is -0.340. The van der Waals surface area contributed by atoms with Crippen LogP contribution >= 0.6 is 11.3 Å². The van der Waals surface area contributed by atoms with Crippen LogP contribution in [0.1, 0.15) is 49.9 Å². The second-order valence-electron chi connectivity index (χ2n) is 4.52. The van der Waals surface area contributed by atoms with E-state index < -0.39 is 0 Å². The molecular formula is C13H21NS. The SMILES string of the molecule is CCC(NCCCC1CC1)c1cccs1. The highest BCUT2D eigenvalue weighted by molar-refractivity contribution is 7.10. The average molecular weight is 223 g/mol. The predicted molar refractivity (Wildman–Crippen MR) is 67.3 cm³/mol. The molecule has 1 aromatic rings. The molecule has 1 aliphatic rings. The summed E-state index contributed by atoms with van der Waals surface area (Å²) in [6.07, 6.45) is 6.97. The summed E-state index contributed by atoms with van der Waals surface area (Å²) in [6.45, 7) is 3.45. The van der Waals surface area contributed by atoms with Crippen molar-refractivity contribution in [3.05, 3.63) is 22.4 Å². The third-order valence-electron chi connectivity index (χ3n) is 3.17. The normalized spacial score (nSPS) is 17.9. The molecule has 0 aromatic carbocycles. The van der Waals surface area contributed by atoms with Crippen molar-refractivity contribution in [3.63, 3.8) is 0 Å². The van der Waals surface area contributed by atoms with E-state index in [0.29, 0.717) is 6.04 Å². The Morgan fingerprint density at radius 2 is 2.40 bits per heavy atom. The van der Waals surface area contributed by atoms with Crippen molar-refractivity contribution in [2.75, 3.05) is 6.54 Å². The van der Waals surface area contributed by atoms with Gasteiger partial charge in [-0.3, -0.25) is 0 Å². The van der Waals surface area contributed by atoms with E-state index in [-0.39, 0.29) is 0 Å². The number of nitrogens with one attached hydrogen (secondary N) is 1. The summed E-state index contributed by atoms with van der Waals surface area (Å²) in [5, 5.41) is 5.84.